The van der Waals surface area contributed by atoms with E-state index in [1.165, 1.54) is 6.07 Å². The highest BCUT2D eigenvalue weighted by atomic mass is 19.1. The highest BCUT2D eigenvalue weighted by molar-refractivity contribution is 5.94. The van der Waals surface area contributed by atoms with Crippen LogP contribution in [0.25, 0.3) is 0 Å². The van der Waals surface area contributed by atoms with E-state index in [1.54, 1.807) is 30.6 Å². The van der Waals surface area contributed by atoms with Crippen LogP contribution < -0.4 is 0 Å². The van der Waals surface area contributed by atoms with Crippen molar-refractivity contribution in [2.45, 2.75) is 30.7 Å². The van der Waals surface area contributed by atoms with Gasteiger partial charge in [0, 0.05) is 63.3 Å². The third-order valence-electron chi connectivity index (χ3n) is 6.50. The van der Waals surface area contributed by atoms with Gasteiger partial charge in [0.2, 0.25) is 0 Å². The summed E-state index contributed by atoms with van der Waals surface area (Å²) < 4.78 is 14.0. The lowest BCUT2D eigenvalue weighted by molar-refractivity contribution is -0.108. The third kappa shape index (κ3) is 3.33. The zero-order valence-electron chi connectivity index (χ0n) is 16.2. The van der Waals surface area contributed by atoms with Crippen LogP contribution in [0.3, 0.4) is 0 Å². The molecule has 1 aromatic heterocycles. The van der Waals surface area contributed by atoms with Crippen molar-refractivity contribution in [3.8, 4) is 0 Å². The van der Waals surface area contributed by atoms with Crippen molar-refractivity contribution in [1.29, 1.82) is 0 Å². The predicted molar refractivity (Wildman–Crippen MR) is 106 cm³/mol. The number of nitrogens with zero attached hydrogens (tertiary/aromatic N) is 4. The Morgan fingerprint density at radius 3 is 2.76 bits per heavy atom. The molecule has 29 heavy (non-hydrogen) atoms. The summed E-state index contributed by atoms with van der Waals surface area (Å²) in [6, 6.07) is 10.6. The molecule has 4 heterocycles. The fraction of sp³-hybridized carbons (Fsp3) is 0.455. The minimum Gasteiger partial charge on any atom is -0.392 e. The molecular weight excluding hydrogens is 371 g/mol. The van der Waals surface area contributed by atoms with Crippen molar-refractivity contribution in [2.24, 2.45) is 0 Å². The average molecular weight is 396 g/mol. The number of rotatable bonds is 3. The van der Waals surface area contributed by atoms with Crippen LogP contribution in [-0.4, -0.2) is 81.1 Å². The van der Waals surface area contributed by atoms with Gasteiger partial charge in [-0.2, -0.15) is 0 Å². The van der Waals surface area contributed by atoms with Crippen LogP contribution in [0.1, 0.15) is 22.3 Å². The smallest absolute Gasteiger partial charge is 0.255 e. The van der Waals surface area contributed by atoms with E-state index in [0.29, 0.717) is 43.7 Å². The summed E-state index contributed by atoms with van der Waals surface area (Å²) in [4.78, 5) is 23.7. The lowest BCUT2D eigenvalue weighted by atomic mass is 9.83. The van der Waals surface area contributed by atoms with E-state index < -0.39 is 0 Å². The number of aliphatic hydroxyl groups excluding tert-OH is 1. The van der Waals surface area contributed by atoms with Crippen molar-refractivity contribution in [3.05, 3.63) is 65.7 Å². The largest absolute Gasteiger partial charge is 0.392 e. The van der Waals surface area contributed by atoms with E-state index in [2.05, 4.69) is 14.8 Å². The Labute approximate surface area is 169 Å². The predicted octanol–water partition coefficient (Wildman–Crippen LogP) is 1.37. The molecule has 2 unspecified atom stereocenters. The van der Waals surface area contributed by atoms with Crippen LogP contribution in [0.4, 0.5) is 4.39 Å². The lowest BCUT2D eigenvalue weighted by Gasteiger charge is -2.61. The summed E-state index contributed by atoms with van der Waals surface area (Å²) >= 11 is 0. The maximum absolute atomic E-state index is 14.0. The number of hydrogen-bond acceptors (Lipinski definition) is 5. The zero-order valence-corrected chi connectivity index (χ0v) is 16.2. The standard InChI is InChI=1S/C22H25FN4O2/c23-20-6-2-1-4-17(20)10-25-13-22(14-25)15-26(11-18-8-19(28)12-27(18)22)21(29)16-5-3-7-24-9-16/h1-7,9,18-19,28H,8,10-15H2. The lowest BCUT2D eigenvalue weighted by Crippen LogP contribution is -2.78. The molecule has 1 N–H and O–H groups in total. The van der Waals surface area contributed by atoms with Gasteiger partial charge in [-0.15, -0.1) is 0 Å². The van der Waals surface area contributed by atoms with Gasteiger partial charge in [-0.1, -0.05) is 18.2 Å². The second-order valence-corrected chi connectivity index (χ2v) is 8.58. The number of benzene rings is 1. The summed E-state index contributed by atoms with van der Waals surface area (Å²) in [6.45, 7) is 3.99. The number of amides is 1. The molecule has 0 radical (unpaired) electrons. The number of likely N-dealkylation sites (tertiary alicyclic amines) is 1. The molecule has 6 nitrogen and oxygen atoms in total. The van der Waals surface area contributed by atoms with Crippen LogP contribution >= 0.6 is 0 Å². The molecule has 1 spiro atoms. The minimum atomic E-state index is -0.356. The number of carbonyl (C=O) groups excluding carboxylic acids is 1. The molecule has 152 valence electrons. The minimum absolute atomic E-state index is 0.00827. The van der Waals surface area contributed by atoms with Crippen molar-refractivity contribution < 1.29 is 14.3 Å². The molecule has 5 rings (SSSR count). The van der Waals surface area contributed by atoms with Crippen molar-refractivity contribution >= 4 is 5.91 Å². The maximum Gasteiger partial charge on any atom is 0.255 e. The number of β-amino-alcohol motifs (C(OH)–C–C–N with tert-alkyl or cyclic N) is 1. The Morgan fingerprint density at radius 1 is 1.17 bits per heavy atom. The molecule has 3 aliphatic rings. The Hall–Kier alpha value is -2.35. The van der Waals surface area contributed by atoms with Crippen LogP contribution in [0.5, 0.6) is 0 Å². The van der Waals surface area contributed by atoms with E-state index in [9.17, 15) is 14.3 Å². The van der Waals surface area contributed by atoms with Gasteiger partial charge in [0.15, 0.2) is 0 Å². The summed E-state index contributed by atoms with van der Waals surface area (Å²) in [6.07, 6.45) is 3.60. The summed E-state index contributed by atoms with van der Waals surface area (Å²) in [7, 11) is 0. The van der Waals surface area contributed by atoms with Crippen molar-refractivity contribution in [1.82, 2.24) is 19.7 Å². The van der Waals surface area contributed by atoms with Gasteiger partial charge in [0.25, 0.3) is 5.91 Å². The molecule has 3 aliphatic heterocycles. The maximum atomic E-state index is 14.0. The van der Waals surface area contributed by atoms with E-state index in [-0.39, 0.29) is 29.4 Å². The van der Waals surface area contributed by atoms with Gasteiger partial charge in [-0.3, -0.25) is 19.6 Å². The molecule has 3 fully saturated rings. The van der Waals surface area contributed by atoms with Gasteiger partial charge in [0.1, 0.15) is 5.82 Å². The first-order chi connectivity index (χ1) is 14.0. The molecule has 0 bridgehead atoms. The molecule has 0 saturated carbocycles. The Balaban J connectivity index is 1.34. The number of aromatic nitrogens is 1. The number of aliphatic hydroxyl groups is 1. The number of halogens is 1. The van der Waals surface area contributed by atoms with Gasteiger partial charge in [-0.05, 0) is 24.6 Å². The van der Waals surface area contributed by atoms with Gasteiger partial charge < -0.3 is 10.0 Å². The third-order valence-corrected chi connectivity index (χ3v) is 6.50. The summed E-state index contributed by atoms with van der Waals surface area (Å²) in [5.41, 5.74) is 1.11. The summed E-state index contributed by atoms with van der Waals surface area (Å²) in [5.74, 6) is -0.189. The highest BCUT2D eigenvalue weighted by Gasteiger charge is 2.56. The molecule has 7 heteroatoms. The molecule has 1 aromatic carbocycles. The van der Waals surface area contributed by atoms with E-state index in [0.717, 1.165) is 13.1 Å². The van der Waals surface area contributed by atoms with E-state index in [1.807, 2.05) is 17.0 Å². The first-order valence-electron chi connectivity index (χ1n) is 10.1. The van der Waals surface area contributed by atoms with Crippen molar-refractivity contribution in [2.75, 3.05) is 32.7 Å². The molecule has 3 saturated heterocycles. The first-order valence-corrected chi connectivity index (χ1v) is 10.1. The Kier molecular flexibility index (Phi) is 4.61. The Bertz CT molecular complexity index is 903. The number of pyridine rings is 1. The quantitative estimate of drug-likeness (QED) is 0.849. The topological polar surface area (TPSA) is 59.9 Å². The molecular formula is C22H25FN4O2. The average Bonchev–Trinajstić information content (AvgIpc) is 3.09. The molecule has 0 aliphatic carbocycles. The monoisotopic (exact) mass is 396 g/mol. The normalized spacial score (nSPS) is 26.3. The van der Waals surface area contributed by atoms with Crippen LogP contribution in [0.2, 0.25) is 0 Å². The van der Waals surface area contributed by atoms with Crippen LogP contribution in [-0.2, 0) is 6.54 Å². The molecule has 2 atom stereocenters. The highest BCUT2D eigenvalue weighted by Crippen LogP contribution is 2.39. The van der Waals surface area contributed by atoms with Crippen LogP contribution in [0, 0.1) is 5.82 Å². The second kappa shape index (κ2) is 7.16. The molecule has 2 aromatic rings. The van der Waals surface area contributed by atoms with Gasteiger partial charge >= 0.3 is 0 Å². The zero-order chi connectivity index (χ0) is 20.0. The second-order valence-electron chi connectivity index (χ2n) is 8.58. The number of fused-ring (bicyclic) bond motifs is 2. The number of carbonyl (C=O) groups is 1. The molecule has 1 amide bonds. The van der Waals surface area contributed by atoms with E-state index in [4.69, 9.17) is 0 Å². The fourth-order valence-electron chi connectivity index (χ4n) is 5.28. The first kappa shape index (κ1) is 18.7. The number of hydrogen-bond donors (Lipinski definition) is 1. The van der Waals surface area contributed by atoms with Crippen LogP contribution in [0.15, 0.2) is 48.8 Å². The van der Waals surface area contributed by atoms with Crippen molar-refractivity contribution in [3.63, 3.8) is 0 Å². The van der Waals surface area contributed by atoms with Gasteiger partial charge in [0.05, 0.1) is 17.2 Å². The van der Waals surface area contributed by atoms with E-state index >= 15 is 0 Å². The summed E-state index contributed by atoms with van der Waals surface area (Å²) in [5, 5.41) is 10.3. The Morgan fingerprint density at radius 2 is 2.00 bits per heavy atom. The fourth-order valence-corrected chi connectivity index (χ4v) is 5.28. The SMILES string of the molecule is O=C(c1cccnc1)N1CC2CC(O)CN2C2(CN(Cc3ccccc3F)C2)C1. The number of piperazine rings is 1. The van der Waals surface area contributed by atoms with Gasteiger partial charge in [-0.25, -0.2) is 4.39 Å².